The number of carbonyl (C=O) groups is 3. The van der Waals surface area contributed by atoms with Gasteiger partial charge in [0.2, 0.25) is 11.8 Å². The van der Waals surface area contributed by atoms with Gasteiger partial charge in [0.25, 0.3) is 0 Å². The minimum absolute atomic E-state index is 0.0370. The fraction of sp³-hybridized carbons (Fsp3) is 0.464. The van der Waals surface area contributed by atoms with Gasteiger partial charge in [-0.3, -0.25) is 9.59 Å². The van der Waals surface area contributed by atoms with Crippen LogP contribution >= 0.6 is 0 Å². The van der Waals surface area contributed by atoms with Gasteiger partial charge in [0.05, 0.1) is 12.2 Å². The molecule has 2 aromatic carbocycles. The Kier molecular flexibility index (Phi) is 10.8. The van der Waals surface area contributed by atoms with Crippen LogP contribution in [0.5, 0.6) is 5.75 Å². The lowest BCUT2D eigenvalue weighted by Gasteiger charge is -2.42. The van der Waals surface area contributed by atoms with Crippen LogP contribution in [0.15, 0.2) is 48.5 Å². The molecule has 0 aromatic heterocycles. The van der Waals surface area contributed by atoms with Gasteiger partial charge in [-0.15, -0.1) is 0 Å². The molecule has 1 saturated heterocycles. The number of benzene rings is 2. The summed E-state index contributed by atoms with van der Waals surface area (Å²) in [4.78, 5) is 38.9. The molecular weight excluding hydrogens is 560 g/mol. The van der Waals surface area contributed by atoms with E-state index in [9.17, 15) is 31.6 Å². The van der Waals surface area contributed by atoms with Crippen LogP contribution in [0.2, 0.25) is 0 Å². The number of amides is 2. The highest BCUT2D eigenvalue weighted by molar-refractivity contribution is 7.84. The molecule has 0 radical (unpaired) electrons. The largest absolute Gasteiger partial charge is 0.493 e. The maximum absolute atomic E-state index is 13.5. The number of hydrogen-bond acceptors (Lipinski definition) is 7. The molecule has 0 bridgehead atoms. The zero-order valence-electron chi connectivity index (χ0n) is 23.3. The van der Waals surface area contributed by atoms with Gasteiger partial charge in [-0.25, -0.2) is 13.6 Å². The third kappa shape index (κ3) is 8.95. The van der Waals surface area contributed by atoms with Crippen LogP contribution < -0.4 is 10.1 Å². The second-order valence-electron chi connectivity index (χ2n) is 10.4. The Balaban J connectivity index is 1.63. The van der Waals surface area contributed by atoms with Crippen molar-refractivity contribution in [2.45, 2.75) is 46.1 Å². The van der Waals surface area contributed by atoms with E-state index in [1.807, 2.05) is 0 Å². The molecular formula is C28H35F2N3O7S. The van der Waals surface area contributed by atoms with Crippen molar-refractivity contribution in [3.05, 3.63) is 65.7 Å². The molecule has 1 unspecified atom stereocenters. The Morgan fingerprint density at radius 1 is 1.05 bits per heavy atom. The molecule has 1 N–H and O–H groups in total. The van der Waals surface area contributed by atoms with E-state index in [0.717, 1.165) is 16.4 Å². The van der Waals surface area contributed by atoms with Gasteiger partial charge in [-0.2, -0.15) is 12.7 Å². The zero-order chi connectivity index (χ0) is 30.2. The smallest absolute Gasteiger partial charge is 0.388 e. The number of carbonyl (C=O) groups excluding carboxylic acids is 3. The molecule has 1 atom stereocenters. The van der Waals surface area contributed by atoms with Crippen molar-refractivity contribution in [3.8, 4) is 5.75 Å². The Morgan fingerprint density at radius 3 is 2.41 bits per heavy atom. The molecule has 3 rings (SSSR count). The van der Waals surface area contributed by atoms with Gasteiger partial charge in [0.15, 0.2) is 11.6 Å². The SMILES string of the molecule is CC(=O)NCCC1CN(C(=O)C(C)(C)CCCOc2ccc(F)c(F)c2)CCN1S(=O)(=O)OC(=O)c1ccccc1. The first-order valence-corrected chi connectivity index (χ1v) is 14.6. The number of hydrogen-bond donors (Lipinski definition) is 1. The lowest BCUT2D eigenvalue weighted by molar-refractivity contribution is -0.143. The third-order valence-electron chi connectivity index (χ3n) is 6.73. The quantitative estimate of drug-likeness (QED) is 0.374. The summed E-state index contributed by atoms with van der Waals surface area (Å²) in [6, 6.07) is 10.2. The van der Waals surface area contributed by atoms with E-state index in [-0.39, 0.29) is 62.3 Å². The average Bonchev–Trinajstić information content (AvgIpc) is 2.92. The summed E-state index contributed by atoms with van der Waals surface area (Å²) >= 11 is 0. The first-order chi connectivity index (χ1) is 19.3. The van der Waals surface area contributed by atoms with E-state index in [2.05, 4.69) is 5.32 Å². The summed E-state index contributed by atoms with van der Waals surface area (Å²) in [6.07, 6.45) is 1.06. The normalized spacial score (nSPS) is 16.2. The van der Waals surface area contributed by atoms with Crippen LogP contribution in [0.1, 0.15) is 50.4 Å². The fourth-order valence-corrected chi connectivity index (χ4v) is 5.76. The van der Waals surface area contributed by atoms with Gasteiger partial charge < -0.3 is 19.1 Å². The number of nitrogens with zero attached hydrogens (tertiary/aromatic N) is 2. The third-order valence-corrected chi connectivity index (χ3v) is 8.15. The molecule has 2 aromatic rings. The summed E-state index contributed by atoms with van der Waals surface area (Å²) < 4.78 is 64.2. The second kappa shape index (κ2) is 13.9. The summed E-state index contributed by atoms with van der Waals surface area (Å²) in [6.45, 7) is 5.23. The molecule has 0 spiro atoms. The van der Waals surface area contributed by atoms with Crippen molar-refractivity contribution >= 4 is 28.1 Å². The van der Waals surface area contributed by atoms with Gasteiger partial charge in [-0.1, -0.05) is 32.0 Å². The Labute approximate surface area is 238 Å². The predicted molar refractivity (Wildman–Crippen MR) is 146 cm³/mol. The van der Waals surface area contributed by atoms with E-state index in [4.69, 9.17) is 8.92 Å². The van der Waals surface area contributed by atoms with Crippen LogP contribution in [0.3, 0.4) is 0 Å². The Morgan fingerprint density at radius 2 is 1.76 bits per heavy atom. The van der Waals surface area contributed by atoms with Crippen LogP contribution in [-0.4, -0.2) is 74.2 Å². The molecule has 10 nitrogen and oxygen atoms in total. The van der Waals surface area contributed by atoms with Crippen molar-refractivity contribution in [1.29, 1.82) is 0 Å². The van der Waals surface area contributed by atoms with Gasteiger partial charge in [0.1, 0.15) is 5.75 Å². The molecule has 1 aliphatic heterocycles. The maximum Gasteiger partial charge on any atom is 0.388 e. The lowest BCUT2D eigenvalue weighted by Crippen LogP contribution is -2.59. The molecule has 13 heteroatoms. The van der Waals surface area contributed by atoms with Crippen molar-refractivity contribution in [1.82, 2.24) is 14.5 Å². The van der Waals surface area contributed by atoms with E-state index < -0.39 is 39.4 Å². The lowest BCUT2D eigenvalue weighted by atomic mass is 9.86. The monoisotopic (exact) mass is 595 g/mol. The minimum atomic E-state index is -4.50. The number of piperazine rings is 1. The number of halogens is 2. The first-order valence-electron chi connectivity index (χ1n) is 13.2. The van der Waals surface area contributed by atoms with Crippen molar-refractivity contribution in [3.63, 3.8) is 0 Å². The topological polar surface area (TPSA) is 122 Å². The highest BCUT2D eigenvalue weighted by atomic mass is 32.2. The molecule has 41 heavy (non-hydrogen) atoms. The molecule has 1 fully saturated rings. The zero-order valence-corrected chi connectivity index (χ0v) is 24.1. The summed E-state index contributed by atoms with van der Waals surface area (Å²) in [5.41, 5.74) is -0.754. The van der Waals surface area contributed by atoms with E-state index in [1.165, 1.54) is 25.1 Å². The van der Waals surface area contributed by atoms with Crippen LogP contribution in [-0.2, 0) is 24.1 Å². The first kappa shape index (κ1) is 31.9. The van der Waals surface area contributed by atoms with E-state index in [1.54, 1.807) is 36.9 Å². The van der Waals surface area contributed by atoms with Crippen LogP contribution in [0, 0.1) is 17.0 Å². The molecule has 1 aliphatic rings. The van der Waals surface area contributed by atoms with Crippen molar-refractivity contribution in [2.75, 3.05) is 32.8 Å². The summed E-state index contributed by atoms with van der Waals surface area (Å²) in [7, 11) is -4.50. The summed E-state index contributed by atoms with van der Waals surface area (Å²) in [5.74, 6) is -3.31. The average molecular weight is 596 g/mol. The second-order valence-corrected chi connectivity index (χ2v) is 11.9. The van der Waals surface area contributed by atoms with Gasteiger partial charge >= 0.3 is 16.3 Å². The van der Waals surface area contributed by atoms with Gasteiger partial charge in [-0.05, 0) is 43.5 Å². The Hall–Kier alpha value is -3.58. The molecule has 2 amide bonds. The number of ether oxygens (including phenoxy) is 1. The van der Waals surface area contributed by atoms with Crippen molar-refractivity contribution in [2.24, 2.45) is 5.41 Å². The highest BCUT2D eigenvalue weighted by Crippen LogP contribution is 2.29. The summed E-state index contributed by atoms with van der Waals surface area (Å²) in [5, 5.41) is 2.63. The van der Waals surface area contributed by atoms with Crippen LogP contribution in [0.25, 0.3) is 0 Å². The molecule has 224 valence electrons. The fourth-order valence-electron chi connectivity index (χ4n) is 4.54. The maximum atomic E-state index is 13.5. The highest BCUT2D eigenvalue weighted by Gasteiger charge is 2.41. The minimum Gasteiger partial charge on any atom is -0.493 e. The van der Waals surface area contributed by atoms with Gasteiger partial charge in [0, 0.05) is 50.6 Å². The van der Waals surface area contributed by atoms with Crippen molar-refractivity contribution < 1.29 is 40.5 Å². The predicted octanol–water partition coefficient (Wildman–Crippen LogP) is 3.29. The molecule has 0 aliphatic carbocycles. The number of nitrogens with one attached hydrogen (secondary N) is 1. The van der Waals surface area contributed by atoms with Crippen LogP contribution in [0.4, 0.5) is 8.78 Å². The Bertz CT molecular complexity index is 1340. The van der Waals surface area contributed by atoms with E-state index >= 15 is 0 Å². The molecule has 1 heterocycles. The molecule has 0 saturated carbocycles. The number of rotatable bonds is 12. The van der Waals surface area contributed by atoms with E-state index in [0.29, 0.717) is 12.8 Å². The standard InChI is InChI=1S/C28H35F2N3O7S/c1-20(34)31-14-12-22-19-32(15-16-33(22)41(37,38)40-26(35)21-8-5-4-6-9-21)27(36)28(2,3)13-7-17-39-23-10-11-24(29)25(30)18-23/h4-6,8-11,18,22H,7,12-17,19H2,1-3H3,(H,31,34).